The van der Waals surface area contributed by atoms with Crippen molar-refractivity contribution in [3.63, 3.8) is 0 Å². The molecule has 0 saturated carbocycles. The Kier molecular flexibility index (Phi) is 4.63. The molecule has 1 heterocycles. The van der Waals surface area contributed by atoms with Crippen molar-refractivity contribution in [2.45, 2.75) is 13.3 Å². The summed E-state index contributed by atoms with van der Waals surface area (Å²) < 4.78 is 15.5. The molecule has 1 aromatic carbocycles. The molecule has 0 radical (unpaired) electrons. The lowest BCUT2D eigenvalue weighted by atomic mass is 10.1. The standard InChI is InChI=1S/C14H19NO4/c1-3-17-14(16)9-15(2)7-6-11-4-5-12-13(8-11)19-10-18-12/h4-5,8H,3,6-7,9-10H2,1-2H3. The van der Waals surface area contributed by atoms with Gasteiger partial charge in [0.05, 0.1) is 13.2 Å². The lowest BCUT2D eigenvalue weighted by Crippen LogP contribution is -2.29. The molecule has 0 saturated heterocycles. The molecule has 0 spiro atoms. The van der Waals surface area contributed by atoms with E-state index in [9.17, 15) is 4.79 Å². The normalized spacial score (nSPS) is 12.8. The van der Waals surface area contributed by atoms with E-state index >= 15 is 0 Å². The molecule has 2 rings (SSSR count). The topological polar surface area (TPSA) is 48.0 Å². The van der Waals surface area contributed by atoms with Gasteiger partial charge >= 0.3 is 5.97 Å². The van der Waals surface area contributed by atoms with Gasteiger partial charge in [0.15, 0.2) is 11.5 Å². The van der Waals surface area contributed by atoms with Crippen molar-refractivity contribution < 1.29 is 19.0 Å². The summed E-state index contributed by atoms with van der Waals surface area (Å²) >= 11 is 0. The summed E-state index contributed by atoms with van der Waals surface area (Å²) in [4.78, 5) is 13.3. The summed E-state index contributed by atoms with van der Waals surface area (Å²) in [5.74, 6) is 1.41. The third-order valence-corrected chi connectivity index (χ3v) is 2.92. The molecule has 1 aromatic rings. The Balaban J connectivity index is 1.80. The Morgan fingerprint density at radius 1 is 1.37 bits per heavy atom. The van der Waals surface area contributed by atoms with Gasteiger partial charge in [-0.2, -0.15) is 0 Å². The lowest BCUT2D eigenvalue weighted by molar-refractivity contribution is -0.144. The monoisotopic (exact) mass is 265 g/mol. The molecule has 0 N–H and O–H groups in total. The summed E-state index contributed by atoms with van der Waals surface area (Å²) in [6.45, 7) is 3.64. The number of ether oxygens (including phenoxy) is 3. The Bertz CT molecular complexity index is 447. The predicted octanol–water partition coefficient (Wildman–Crippen LogP) is 1.45. The summed E-state index contributed by atoms with van der Waals surface area (Å²) in [7, 11) is 1.91. The van der Waals surface area contributed by atoms with Crippen LogP contribution in [0.1, 0.15) is 12.5 Å². The summed E-state index contributed by atoms with van der Waals surface area (Å²) in [6.07, 6.45) is 0.854. The van der Waals surface area contributed by atoms with Crippen LogP contribution in [0.4, 0.5) is 0 Å². The van der Waals surface area contributed by atoms with Crippen LogP contribution in [-0.2, 0) is 16.0 Å². The van der Waals surface area contributed by atoms with Crippen molar-refractivity contribution in [3.8, 4) is 11.5 Å². The molecule has 0 amide bonds. The number of carbonyl (C=O) groups is 1. The van der Waals surface area contributed by atoms with Crippen LogP contribution in [0.2, 0.25) is 0 Å². The van der Waals surface area contributed by atoms with E-state index in [1.807, 2.05) is 37.1 Å². The fourth-order valence-electron chi connectivity index (χ4n) is 1.92. The SMILES string of the molecule is CCOC(=O)CN(C)CCc1ccc2c(c1)OCO2. The minimum absolute atomic E-state index is 0.185. The van der Waals surface area contributed by atoms with E-state index in [0.29, 0.717) is 19.9 Å². The maximum absolute atomic E-state index is 11.3. The highest BCUT2D eigenvalue weighted by Crippen LogP contribution is 2.32. The molecule has 0 unspecified atom stereocenters. The molecule has 19 heavy (non-hydrogen) atoms. The van der Waals surface area contributed by atoms with E-state index in [-0.39, 0.29) is 5.97 Å². The largest absolute Gasteiger partial charge is 0.465 e. The van der Waals surface area contributed by atoms with Crippen molar-refractivity contribution in [2.24, 2.45) is 0 Å². The smallest absolute Gasteiger partial charge is 0.320 e. The average Bonchev–Trinajstić information content (AvgIpc) is 2.83. The Morgan fingerprint density at radius 2 is 2.16 bits per heavy atom. The number of hydrogen-bond acceptors (Lipinski definition) is 5. The summed E-state index contributed by atoms with van der Waals surface area (Å²) in [6, 6.07) is 5.93. The molecule has 5 nitrogen and oxygen atoms in total. The van der Waals surface area contributed by atoms with Gasteiger partial charge in [0, 0.05) is 6.54 Å². The Hall–Kier alpha value is -1.75. The Morgan fingerprint density at radius 3 is 2.95 bits per heavy atom. The third kappa shape index (κ3) is 3.86. The molecule has 0 bridgehead atoms. The van der Waals surface area contributed by atoms with Gasteiger partial charge < -0.3 is 14.2 Å². The number of nitrogens with zero attached hydrogens (tertiary/aromatic N) is 1. The van der Waals surface area contributed by atoms with E-state index in [4.69, 9.17) is 14.2 Å². The fraction of sp³-hybridized carbons (Fsp3) is 0.500. The van der Waals surface area contributed by atoms with E-state index in [1.165, 1.54) is 5.56 Å². The first kappa shape index (κ1) is 13.7. The number of carbonyl (C=O) groups excluding carboxylic acids is 1. The number of fused-ring (bicyclic) bond motifs is 1. The fourth-order valence-corrected chi connectivity index (χ4v) is 1.92. The molecule has 0 aliphatic carbocycles. The van der Waals surface area contributed by atoms with Crippen molar-refractivity contribution in [2.75, 3.05) is 33.5 Å². The zero-order valence-electron chi connectivity index (χ0n) is 11.3. The van der Waals surface area contributed by atoms with E-state index in [1.54, 1.807) is 0 Å². The van der Waals surface area contributed by atoms with E-state index in [2.05, 4.69) is 0 Å². The van der Waals surface area contributed by atoms with Crippen LogP contribution in [0.5, 0.6) is 11.5 Å². The number of rotatable bonds is 6. The number of esters is 1. The molecule has 1 aliphatic rings. The zero-order valence-corrected chi connectivity index (χ0v) is 11.3. The molecule has 0 atom stereocenters. The first-order chi connectivity index (χ1) is 9.19. The highest BCUT2D eigenvalue weighted by atomic mass is 16.7. The molecule has 0 aromatic heterocycles. The molecule has 0 fully saturated rings. The molecule has 104 valence electrons. The van der Waals surface area contributed by atoms with Crippen LogP contribution in [-0.4, -0.2) is 44.4 Å². The Labute approximate surface area is 113 Å². The molecule has 5 heteroatoms. The summed E-state index contributed by atoms with van der Waals surface area (Å²) in [5.41, 5.74) is 1.17. The van der Waals surface area contributed by atoms with Crippen molar-refractivity contribution in [1.29, 1.82) is 0 Å². The maximum Gasteiger partial charge on any atom is 0.320 e. The van der Waals surface area contributed by atoms with Gasteiger partial charge in [-0.25, -0.2) is 0 Å². The lowest BCUT2D eigenvalue weighted by Gasteiger charge is -2.15. The van der Waals surface area contributed by atoms with Crippen LogP contribution in [0.3, 0.4) is 0 Å². The van der Waals surface area contributed by atoms with Crippen molar-refractivity contribution in [3.05, 3.63) is 23.8 Å². The van der Waals surface area contributed by atoms with Crippen molar-refractivity contribution in [1.82, 2.24) is 4.90 Å². The van der Waals surface area contributed by atoms with Crippen LogP contribution in [0, 0.1) is 0 Å². The quantitative estimate of drug-likeness (QED) is 0.729. The minimum Gasteiger partial charge on any atom is -0.465 e. The first-order valence-electron chi connectivity index (χ1n) is 6.41. The highest BCUT2D eigenvalue weighted by Gasteiger charge is 2.13. The average molecular weight is 265 g/mol. The van der Waals surface area contributed by atoms with Crippen molar-refractivity contribution >= 4 is 5.97 Å². The van der Waals surface area contributed by atoms with Gasteiger partial charge in [0.2, 0.25) is 6.79 Å². The minimum atomic E-state index is -0.185. The van der Waals surface area contributed by atoms with E-state index in [0.717, 1.165) is 24.5 Å². The first-order valence-corrected chi connectivity index (χ1v) is 6.41. The second-order valence-corrected chi connectivity index (χ2v) is 4.48. The van der Waals surface area contributed by atoms with Crippen LogP contribution in [0.25, 0.3) is 0 Å². The number of benzene rings is 1. The van der Waals surface area contributed by atoms with Gasteiger partial charge in [-0.15, -0.1) is 0 Å². The van der Waals surface area contributed by atoms with Gasteiger partial charge in [-0.1, -0.05) is 6.07 Å². The molecular formula is C14H19NO4. The second kappa shape index (κ2) is 6.43. The van der Waals surface area contributed by atoms with Crippen LogP contribution in [0.15, 0.2) is 18.2 Å². The maximum atomic E-state index is 11.3. The number of likely N-dealkylation sites (N-methyl/N-ethyl adjacent to an activating group) is 1. The number of hydrogen-bond donors (Lipinski definition) is 0. The zero-order chi connectivity index (χ0) is 13.7. The van der Waals surface area contributed by atoms with Crippen LogP contribution >= 0.6 is 0 Å². The van der Waals surface area contributed by atoms with Gasteiger partial charge in [-0.3, -0.25) is 9.69 Å². The highest BCUT2D eigenvalue weighted by molar-refractivity contribution is 5.71. The second-order valence-electron chi connectivity index (χ2n) is 4.48. The predicted molar refractivity (Wildman–Crippen MR) is 70.4 cm³/mol. The van der Waals surface area contributed by atoms with Gasteiger partial charge in [-0.05, 0) is 38.1 Å². The molecular weight excluding hydrogens is 246 g/mol. The molecule has 1 aliphatic heterocycles. The third-order valence-electron chi connectivity index (χ3n) is 2.92. The summed E-state index contributed by atoms with van der Waals surface area (Å²) in [5, 5.41) is 0. The van der Waals surface area contributed by atoms with Gasteiger partial charge in [0.25, 0.3) is 0 Å². The van der Waals surface area contributed by atoms with E-state index < -0.39 is 0 Å². The van der Waals surface area contributed by atoms with Crippen LogP contribution < -0.4 is 9.47 Å². The van der Waals surface area contributed by atoms with Gasteiger partial charge in [0.1, 0.15) is 0 Å².